The molecule has 0 N–H and O–H groups in total. The lowest BCUT2D eigenvalue weighted by Gasteiger charge is -2.41. The van der Waals surface area contributed by atoms with Gasteiger partial charge in [0.15, 0.2) is 0 Å². The largest absolute Gasteiger partial charge is 0.299 e. The van der Waals surface area contributed by atoms with Crippen molar-refractivity contribution in [1.29, 1.82) is 0 Å². The molecular weight excluding hydrogens is 198 g/mol. The number of ketones is 1. The Bertz CT molecular complexity index is 272. The van der Waals surface area contributed by atoms with Crippen LogP contribution in [0.3, 0.4) is 0 Å². The van der Waals surface area contributed by atoms with E-state index in [4.69, 9.17) is 0 Å². The Labute approximate surface area is 99.4 Å². The first-order valence-electron chi connectivity index (χ1n) is 6.76. The van der Waals surface area contributed by atoms with E-state index in [-0.39, 0.29) is 5.41 Å². The van der Waals surface area contributed by atoms with E-state index in [1.807, 2.05) is 0 Å². The second-order valence-electron chi connectivity index (χ2n) is 6.31. The smallest absolute Gasteiger partial charge is 0.136 e. The molecule has 0 amide bonds. The summed E-state index contributed by atoms with van der Waals surface area (Å²) >= 11 is 0. The van der Waals surface area contributed by atoms with Crippen LogP contribution >= 0.6 is 0 Å². The Kier molecular flexibility index (Phi) is 3.39. The van der Waals surface area contributed by atoms with Gasteiger partial charge in [-0.15, -0.1) is 0 Å². The zero-order valence-corrected chi connectivity index (χ0v) is 11.0. The fraction of sp³-hybridized carbons (Fsp3) is 0.929. The van der Waals surface area contributed by atoms with Crippen molar-refractivity contribution < 1.29 is 4.79 Å². The molecule has 0 spiro atoms. The van der Waals surface area contributed by atoms with Gasteiger partial charge in [-0.3, -0.25) is 9.69 Å². The fourth-order valence-corrected chi connectivity index (χ4v) is 3.37. The predicted octanol–water partition coefficient (Wildman–Crippen LogP) is 2.87. The third-order valence-electron chi connectivity index (χ3n) is 4.66. The van der Waals surface area contributed by atoms with Crippen LogP contribution in [0.25, 0.3) is 0 Å². The number of nitrogens with zero attached hydrogens (tertiary/aromatic N) is 1. The highest BCUT2D eigenvalue weighted by Gasteiger charge is 2.38. The third kappa shape index (κ3) is 2.32. The molecule has 16 heavy (non-hydrogen) atoms. The number of carbonyl (C=O) groups is 1. The van der Waals surface area contributed by atoms with Crippen molar-refractivity contribution in [2.45, 2.75) is 58.9 Å². The summed E-state index contributed by atoms with van der Waals surface area (Å²) in [5, 5.41) is 0. The highest BCUT2D eigenvalue weighted by molar-refractivity contribution is 5.81. The van der Waals surface area contributed by atoms with Gasteiger partial charge in [0.2, 0.25) is 0 Å². The molecule has 0 aromatic rings. The number of fused-ring (bicyclic) bond motifs is 1. The molecule has 2 aliphatic rings. The molecule has 0 aromatic carbocycles. The van der Waals surface area contributed by atoms with Crippen molar-refractivity contribution in [3.8, 4) is 0 Å². The van der Waals surface area contributed by atoms with Crippen molar-refractivity contribution in [2.75, 3.05) is 13.1 Å². The van der Waals surface area contributed by atoms with Crippen molar-refractivity contribution in [1.82, 2.24) is 4.90 Å². The molecule has 92 valence electrons. The topological polar surface area (TPSA) is 20.3 Å². The Morgan fingerprint density at radius 2 is 1.94 bits per heavy atom. The van der Waals surface area contributed by atoms with Crippen LogP contribution < -0.4 is 0 Å². The Morgan fingerprint density at radius 3 is 2.62 bits per heavy atom. The zero-order valence-electron chi connectivity index (χ0n) is 11.0. The summed E-state index contributed by atoms with van der Waals surface area (Å²) in [6.45, 7) is 8.08. The summed E-state index contributed by atoms with van der Waals surface area (Å²) in [6, 6.07) is 0.785. The molecular formula is C14H25NO. The molecule has 0 radical (unpaired) electrons. The maximum absolute atomic E-state index is 11.6. The molecule has 2 heteroatoms. The first kappa shape index (κ1) is 12.1. The van der Waals surface area contributed by atoms with Crippen LogP contribution in [-0.4, -0.2) is 29.8 Å². The highest BCUT2D eigenvalue weighted by atomic mass is 16.1. The van der Waals surface area contributed by atoms with Gasteiger partial charge in [0.05, 0.1) is 0 Å². The quantitative estimate of drug-likeness (QED) is 0.733. The van der Waals surface area contributed by atoms with Crippen LogP contribution in [0.4, 0.5) is 0 Å². The number of carbonyl (C=O) groups excluding carboxylic acids is 1. The number of hydrogen-bond acceptors (Lipinski definition) is 2. The fourth-order valence-electron chi connectivity index (χ4n) is 3.37. The van der Waals surface area contributed by atoms with E-state index < -0.39 is 0 Å². The van der Waals surface area contributed by atoms with E-state index >= 15 is 0 Å². The molecule has 1 saturated heterocycles. The van der Waals surface area contributed by atoms with Gasteiger partial charge in [-0.2, -0.15) is 0 Å². The lowest BCUT2D eigenvalue weighted by Crippen LogP contribution is -2.48. The van der Waals surface area contributed by atoms with Gasteiger partial charge in [0.25, 0.3) is 0 Å². The summed E-state index contributed by atoms with van der Waals surface area (Å²) in [6.07, 6.45) is 6.92. The molecule has 0 aromatic heterocycles. The van der Waals surface area contributed by atoms with Crippen LogP contribution in [0.2, 0.25) is 0 Å². The van der Waals surface area contributed by atoms with E-state index in [2.05, 4.69) is 18.7 Å². The minimum atomic E-state index is -0.162. The van der Waals surface area contributed by atoms with Gasteiger partial charge in [-0.1, -0.05) is 20.3 Å². The molecule has 1 heterocycles. The summed E-state index contributed by atoms with van der Waals surface area (Å²) in [4.78, 5) is 14.2. The molecule has 2 nitrogen and oxygen atoms in total. The van der Waals surface area contributed by atoms with E-state index in [0.29, 0.717) is 5.78 Å². The average molecular weight is 223 g/mol. The Balaban J connectivity index is 2.01. The Hall–Kier alpha value is -0.370. The minimum Gasteiger partial charge on any atom is -0.299 e. The summed E-state index contributed by atoms with van der Waals surface area (Å²) < 4.78 is 0. The number of piperidine rings is 1. The van der Waals surface area contributed by atoms with Crippen molar-refractivity contribution in [2.24, 2.45) is 11.3 Å². The standard InChI is InChI=1S/C14H25NO/c1-11(16)14(2,3)10-15-9-5-7-12-6-4-8-13(12)15/h12-13H,4-10H2,1-3H3. The molecule has 2 atom stereocenters. The van der Waals surface area contributed by atoms with Crippen LogP contribution in [0.5, 0.6) is 0 Å². The second-order valence-corrected chi connectivity index (χ2v) is 6.31. The second kappa shape index (κ2) is 4.48. The molecule has 0 bridgehead atoms. The van der Waals surface area contributed by atoms with Gasteiger partial charge in [0.1, 0.15) is 5.78 Å². The summed E-state index contributed by atoms with van der Waals surface area (Å²) in [7, 11) is 0. The molecule has 1 aliphatic heterocycles. The van der Waals surface area contributed by atoms with Crippen LogP contribution in [0, 0.1) is 11.3 Å². The summed E-state index contributed by atoms with van der Waals surface area (Å²) in [5.41, 5.74) is -0.162. The minimum absolute atomic E-state index is 0.162. The normalized spacial score (nSPS) is 31.4. The first-order valence-corrected chi connectivity index (χ1v) is 6.76. The SMILES string of the molecule is CC(=O)C(C)(C)CN1CCCC2CCCC21. The van der Waals surface area contributed by atoms with E-state index in [9.17, 15) is 4.79 Å². The molecule has 1 saturated carbocycles. The van der Waals surface area contributed by atoms with E-state index in [1.54, 1.807) is 6.92 Å². The lowest BCUT2D eigenvalue weighted by atomic mass is 9.85. The van der Waals surface area contributed by atoms with Crippen molar-refractivity contribution in [3.63, 3.8) is 0 Å². The number of hydrogen-bond donors (Lipinski definition) is 0. The molecule has 2 rings (SSSR count). The summed E-state index contributed by atoms with van der Waals surface area (Å²) in [5.74, 6) is 1.25. The Morgan fingerprint density at radius 1 is 1.25 bits per heavy atom. The van der Waals surface area contributed by atoms with Gasteiger partial charge >= 0.3 is 0 Å². The van der Waals surface area contributed by atoms with E-state index in [1.165, 1.54) is 38.6 Å². The maximum Gasteiger partial charge on any atom is 0.136 e. The number of likely N-dealkylation sites (tertiary alicyclic amines) is 1. The number of Topliss-reactive ketones (excluding diaryl/α,β-unsaturated/α-hetero) is 1. The third-order valence-corrected chi connectivity index (χ3v) is 4.66. The zero-order chi connectivity index (χ0) is 11.8. The van der Waals surface area contributed by atoms with Gasteiger partial charge in [-0.05, 0) is 45.1 Å². The molecule has 2 fully saturated rings. The highest BCUT2D eigenvalue weighted by Crippen LogP contribution is 2.38. The van der Waals surface area contributed by atoms with E-state index in [0.717, 1.165) is 18.5 Å². The monoisotopic (exact) mass is 223 g/mol. The first-order chi connectivity index (χ1) is 7.50. The molecule has 1 aliphatic carbocycles. The van der Waals surface area contributed by atoms with Gasteiger partial charge in [0, 0.05) is 18.0 Å². The van der Waals surface area contributed by atoms with Gasteiger partial charge in [-0.25, -0.2) is 0 Å². The lowest BCUT2D eigenvalue weighted by molar-refractivity contribution is -0.126. The van der Waals surface area contributed by atoms with Crippen molar-refractivity contribution >= 4 is 5.78 Å². The maximum atomic E-state index is 11.6. The van der Waals surface area contributed by atoms with Crippen LogP contribution in [-0.2, 0) is 4.79 Å². The van der Waals surface area contributed by atoms with Crippen LogP contribution in [0.1, 0.15) is 52.9 Å². The number of rotatable bonds is 3. The van der Waals surface area contributed by atoms with Crippen molar-refractivity contribution in [3.05, 3.63) is 0 Å². The van der Waals surface area contributed by atoms with Gasteiger partial charge < -0.3 is 0 Å². The average Bonchev–Trinajstić information content (AvgIpc) is 2.65. The van der Waals surface area contributed by atoms with Crippen LogP contribution in [0.15, 0.2) is 0 Å². The predicted molar refractivity (Wildman–Crippen MR) is 66.4 cm³/mol. The molecule has 2 unspecified atom stereocenters.